The molecule has 1 fully saturated rings. The van der Waals surface area contributed by atoms with Crippen LogP contribution in [0.4, 0.5) is 5.69 Å². The highest BCUT2D eigenvalue weighted by Gasteiger charge is 2.21. The van der Waals surface area contributed by atoms with Crippen LogP contribution in [0.3, 0.4) is 0 Å². The SMILES string of the molecule is CN(Cc1ccc(N2CCOCC2)cc1)S(=O)(=O)c1cccc(Br)c1. The summed E-state index contributed by atoms with van der Waals surface area (Å²) in [6.45, 7) is 3.59. The summed E-state index contributed by atoms with van der Waals surface area (Å²) in [6, 6.07) is 14.8. The summed E-state index contributed by atoms with van der Waals surface area (Å²) in [5.41, 5.74) is 2.10. The smallest absolute Gasteiger partial charge is 0.243 e. The van der Waals surface area contributed by atoms with Gasteiger partial charge in [0, 0.05) is 36.8 Å². The summed E-state index contributed by atoms with van der Waals surface area (Å²) < 4.78 is 32.9. The van der Waals surface area contributed by atoms with Crippen molar-refractivity contribution in [1.82, 2.24) is 4.31 Å². The lowest BCUT2D eigenvalue weighted by Crippen LogP contribution is -2.36. The number of rotatable bonds is 5. The number of hydrogen-bond acceptors (Lipinski definition) is 4. The third-order valence-corrected chi connectivity index (χ3v) is 6.51. The molecule has 0 aliphatic carbocycles. The summed E-state index contributed by atoms with van der Waals surface area (Å²) in [7, 11) is -1.91. The highest BCUT2D eigenvalue weighted by Crippen LogP contribution is 2.22. The summed E-state index contributed by atoms with van der Waals surface area (Å²) >= 11 is 3.32. The second-order valence-corrected chi connectivity index (χ2v) is 8.94. The molecule has 1 aliphatic heterocycles. The molecule has 25 heavy (non-hydrogen) atoms. The van der Waals surface area contributed by atoms with Crippen molar-refractivity contribution in [1.29, 1.82) is 0 Å². The van der Waals surface area contributed by atoms with Crippen molar-refractivity contribution in [3.8, 4) is 0 Å². The number of anilines is 1. The zero-order valence-electron chi connectivity index (χ0n) is 14.1. The van der Waals surface area contributed by atoms with Crippen molar-refractivity contribution in [2.24, 2.45) is 0 Å². The molecular weight excluding hydrogens is 404 g/mol. The molecule has 2 aromatic carbocycles. The van der Waals surface area contributed by atoms with Crippen molar-refractivity contribution in [2.75, 3.05) is 38.3 Å². The van der Waals surface area contributed by atoms with Gasteiger partial charge < -0.3 is 9.64 Å². The molecule has 0 spiro atoms. The van der Waals surface area contributed by atoms with E-state index < -0.39 is 10.0 Å². The molecule has 5 nitrogen and oxygen atoms in total. The highest BCUT2D eigenvalue weighted by atomic mass is 79.9. The second-order valence-electron chi connectivity index (χ2n) is 5.98. The Morgan fingerprint density at radius 3 is 2.44 bits per heavy atom. The number of benzene rings is 2. The van der Waals surface area contributed by atoms with Gasteiger partial charge in [-0.15, -0.1) is 0 Å². The third kappa shape index (κ3) is 4.41. The lowest BCUT2D eigenvalue weighted by Gasteiger charge is -2.29. The van der Waals surface area contributed by atoms with Gasteiger partial charge in [-0.25, -0.2) is 8.42 Å². The zero-order chi connectivity index (χ0) is 17.9. The van der Waals surface area contributed by atoms with Gasteiger partial charge >= 0.3 is 0 Å². The van der Waals surface area contributed by atoms with Gasteiger partial charge in [0.05, 0.1) is 18.1 Å². The number of hydrogen-bond donors (Lipinski definition) is 0. The molecule has 0 unspecified atom stereocenters. The van der Waals surface area contributed by atoms with E-state index in [2.05, 4.69) is 20.8 Å². The number of ether oxygens (including phenoxy) is 1. The Balaban J connectivity index is 1.71. The van der Waals surface area contributed by atoms with Gasteiger partial charge in [-0.1, -0.05) is 34.1 Å². The maximum atomic E-state index is 12.7. The molecule has 1 heterocycles. The van der Waals surface area contributed by atoms with Crippen LogP contribution in [0, 0.1) is 0 Å². The summed E-state index contributed by atoms with van der Waals surface area (Å²) in [6.07, 6.45) is 0. The highest BCUT2D eigenvalue weighted by molar-refractivity contribution is 9.10. The second kappa shape index (κ2) is 7.86. The minimum absolute atomic E-state index is 0.286. The molecule has 0 aromatic heterocycles. The number of nitrogens with zero attached hydrogens (tertiary/aromatic N) is 2. The molecule has 0 amide bonds. The van der Waals surface area contributed by atoms with Crippen LogP contribution in [-0.2, 0) is 21.3 Å². The van der Waals surface area contributed by atoms with E-state index in [1.165, 1.54) is 4.31 Å². The molecule has 134 valence electrons. The maximum Gasteiger partial charge on any atom is 0.243 e. The predicted octanol–water partition coefficient (Wildman–Crippen LogP) is 3.11. The molecule has 0 N–H and O–H groups in total. The lowest BCUT2D eigenvalue weighted by molar-refractivity contribution is 0.122. The molecule has 1 saturated heterocycles. The number of sulfonamides is 1. The fraction of sp³-hybridized carbons (Fsp3) is 0.333. The van der Waals surface area contributed by atoms with E-state index in [0.717, 1.165) is 42.0 Å². The quantitative estimate of drug-likeness (QED) is 0.739. The van der Waals surface area contributed by atoms with Gasteiger partial charge in [0.2, 0.25) is 10.0 Å². The van der Waals surface area contributed by atoms with Gasteiger partial charge in [0.15, 0.2) is 0 Å². The van der Waals surface area contributed by atoms with Crippen LogP contribution in [0.15, 0.2) is 57.9 Å². The first kappa shape index (κ1) is 18.4. The fourth-order valence-corrected chi connectivity index (χ4v) is 4.54. The fourth-order valence-electron chi connectivity index (χ4n) is 2.78. The van der Waals surface area contributed by atoms with Gasteiger partial charge in [0.1, 0.15) is 0 Å². The lowest BCUT2D eigenvalue weighted by atomic mass is 10.2. The number of morpholine rings is 1. The normalized spacial score (nSPS) is 15.6. The topological polar surface area (TPSA) is 49.9 Å². The van der Waals surface area contributed by atoms with E-state index >= 15 is 0 Å². The Morgan fingerprint density at radius 2 is 1.80 bits per heavy atom. The average Bonchev–Trinajstić information content (AvgIpc) is 2.63. The number of halogens is 1. The molecule has 0 saturated carbocycles. The van der Waals surface area contributed by atoms with Crippen LogP contribution in [0.2, 0.25) is 0 Å². The van der Waals surface area contributed by atoms with E-state index in [-0.39, 0.29) is 4.90 Å². The first-order valence-electron chi connectivity index (χ1n) is 8.10. The average molecular weight is 425 g/mol. The maximum absolute atomic E-state index is 12.7. The first-order valence-corrected chi connectivity index (χ1v) is 10.3. The van der Waals surface area contributed by atoms with Crippen LogP contribution in [0.25, 0.3) is 0 Å². The Hall–Kier alpha value is -1.41. The van der Waals surface area contributed by atoms with Crippen LogP contribution in [0.5, 0.6) is 0 Å². The molecule has 0 atom stereocenters. The Kier molecular flexibility index (Phi) is 5.78. The van der Waals surface area contributed by atoms with E-state index in [9.17, 15) is 8.42 Å². The van der Waals surface area contributed by atoms with Crippen molar-refractivity contribution in [3.63, 3.8) is 0 Å². The third-order valence-electron chi connectivity index (χ3n) is 4.22. The monoisotopic (exact) mass is 424 g/mol. The predicted molar refractivity (Wildman–Crippen MR) is 102 cm³/mol. The van der Waals surface area contributed by atoms with Crippen molar-refractivity contribution < 1.29 is 13.2 Å². The van der Waals surface area contributed by atoms with Crippen LogP contribution < -0.4 is 4.90 Å². The first-order chi connectivity index (χ1) is 12.0. The minimum Gasteiger partial charge on any atom is -0.378 e. The molecule has 0 radical (unpaired) electrons. The Morgan fingerprint density at radius 1 is 1.12 bits per heavy atom. The van der Waals surface area contributed by atoms with Crippen molar-refractivity contribution >= 4 is 31.6 Å². The molecule has 1 aliphatic rings. The minimum atomic E-state index is -3.51. The largest absolute Gasteiger partial charge is 0.378 e. The van der Waals surface area contributed by atoms with Crippen molar-refractivity contribution in [3.05, 3.63) is 58.6 Å². The molecule has 2 aromatic rings. The van der Waals surface area contributed by atoms with Gasteiger partial charge in [-0.05, 0) is 35.9 Å². The van der Waals surface area contributed by atoms with Crippen LogP contribution in [-0.4, -0.2) is 46.1 Å². The van der Waals surface area contributed by atoms with Gasteiger partial charge in [0.25, 0.3) is 0 Å². The van der Waals surface area contributed by atoms with E-state index in [4.69, 9.17) is 4.74 Å². The molecule has 7 heteroatoms. The molecule has 3 rings (SSSR count). The Bertz CT molecular complexity index is 818. The van der Waals surface area contributed by atoms with E-state index in [0.29, 0.717) is 6.54 Å². The van der Waals surface area contributed by atoms with E-state index in [1.54, 1.807) is 25.2 Å². The molecular formula is C18H21BrN2O3S. The zero-order valence-corrected chi connectivity index (χ0v) is 16.5. The summed E-state index contributed by atoms with van der Waals surface area (Å²) in [5, 5.41) is 0. The summed E-state index contributed by atoms with van der Waals surface area (Å²) in [4.78, 5) is 2.56. The van der Waals surface area contributed by atoms with E-state index in [1.807, 2.05) is 30.3 Å². The summed E-state index contributed by atoms with van der Waals surface area (Å²) in [5.74, 6) is 0. The van der Waals surface area contributed by atoms with Crippen LogP contribution >= 0.6 is 15.9 Å². The van der Waals surface area contributed by atoms with Gasteiger partial charge in [-0.3, -0.25) is 0 Å². The van der Waals surface area contributed by atoms with Crippen LogP contribution in [0.1, 0.15) is 5.56 Å². The van der Waals surface area contributed by atoms with Gasteiger partial charge in [-0.2, -0.15) is 4.31 Å². The molecule has 0 bridgehead atoms. The standard InChI is InChI=1S/C18H21BrN2O3S/c1-20(25(22,23)18-4-2-3-16(19)13-18)14-15-5-7-17(8-6-15)21-9-11-24-12-10-21/h2-8,13H,9-12,14H2,1H3. The Labute approximate surface area is 157 Å². The van der Waals surface area contributed by atoms with Crippen molar-refractivity contribution in [2.45, 2.75) is 11.4 Å².